The molecule has 0 aliphatic carbocycles. The summed E-state index contributed by atoms with van der Waals surface area (Å²) in [4.78, 5) is 6.65. The van der Waals surface area contributed by atoms with Crippen molar-refractivity contribution in [3.63, 3.8) is 0 Å². The molecule has 2 rings (SSSR count). The molecule has 2 aromatic rings. The topological polar surface area (TPSA) is 37.8 Å². The minimum Gasteiger partial charge on any atom is -0.338 e. The molecule has 0 spiro atoms. The largest absolute Gasteiger partial charge is 0.433 e. The second-order valence-corrected chi connectivity index (χ2v) is 4.93. The number of alkyl halides is 3. The van der Waals surface area contributed by atoms with E-state index < -0.39 is 23.0 Å². The van der Waals surface area contributed by atoms with Crippen LogP contribution in [0, 0.1) is 5.82 Å². The Bertz CT molecular complexity index is 668. The number of nitrogens with one attached hydrogen (secondary N) is 1. The predicted octanol–water partition coefficient (Wildman–Crippen LogP) is 5.34. The van der Waals surface area contributed by atoms with Crippen LogP contribution < -0.4 is 5.32 Å². The van der Waals surface area contributed by atoms with Gasteiger partial charge >= 0.3 is 6.18 Å². The fourth-order valence-electron chi connectivity index (χ4n) is 1.42. The lowest BCUT2D eigenvalue weighted by atomic mass is 10.3. The zero-order valence-electron chi connectivity index (χ0n) is 9.77. The number of nitrogens with zero attached hydrogens (tertiary/aromatic N) is 2. The average molecular weight is 361 g/mol. The van der Waals surface area contributed by atoms with E-state index in [9.17, 15) is 17.6 Å². The van der Waals surface area contributed by atoms with E-state index in [4.69, 9.17) is 34.8 Å². The Labute approximate surface area is 130 Å². The van der Waals surface area contributed by atoms with Crippen molar-refractivity contribution >= 4 is 46.3 Å². The SMILES string of the molecule is Fc1cc(Cl)c(Nc2cc(C(F)(F)F)nc(Cl)n2)c(Cl)c1. The molecule has 1 aromatic heterocycles. The Morgan fingerprint density at radius 3 is 2.05 bits per heavy atom. The highest BCUT2D eigenvalue weighted by Crippen LogP contribution is 2.35. The fraction of sp³-hybridized carbons (Fsp3) is 0.0909. The molecule has 10 heteroatoms. The third kappa shape index (κ3) is 3.87. The second-order valence-electron chi connectivity index (χ2n) is 3.77. The van der Waals surface area contributed by atoms with Gasteiger partial charge < -0.3 is 5.32 Å². The molecule has 1 N–H and O–H groups in total. The number of hydrogen-bond acceptors (Lipinski definition) is 3. The number of halogens is 7. The maximum Gasteiger partial charge on any atom is 0.433 e. The van der Waals surface area contributed by atoms with Crippen LogP contribution in [0.5, 0.6) is 0 Å². The van der Waals surface area contributed by atoms with E-state index in [1.165, 1.54) is 0 Å². The lowest BCUT2D eigenvalue weighted by molar-refractivity contribution is -0.141. The van der Waals surface area contributed by atoms with Gasteiger partial charge in [-0.2, -0.15) is 13.2 Å². The minimum absolute atomic E-state index is 0.00243. The molecule has 21 heavy (non-hydrogen) atoms. The van der Waals surface area contributed by atoms with Gasteiger partial charge in [0.25, 0.3) is 0 Å². The molecule has 0 aliphatic heterocycles. The van der Waals surface area contributed by atoms with Gasteiger partial charge in [0, 0.05) is 6.07 Å². The normalized spacial score (nSPS) is 11.6. The van der Waals surface area contributed by atoms with Crippen LogP contribution in [0.3, 0.4) is 0 Å². The van der Waals surface area contributed by atoms with Crippen molar-refractivity contribution in [1.82, 2.24) is 9.97 Å². The van der Waals surface area contributed by atoms with Gasteiger partial charge in [-0.25, -0.2) is 14.4 Å². The van der Waals surface area contributed by atoms with Gasteiger partial charge in [0.15, 0.2) is 5.69 Å². The summed E-state index contributed by atoms with van der Waals surface area (Å²) < 4.78 is 50.9. The Morgan fingerprint density at radius 1 is 0.952 bits per heavy atom. The van der Waals surface area contributed by atoms with Gasteiger partial charge in [-0.05, 0) is 23.7 Å². The number of aromatic nitrogens is 2. The van der Waals surface area contributed by atoms with Crippen molar-refractivity contribution in [2.24, 2.45) is 0 Å². The van der Waals surface area contributed by atoms with Crippen LogP contribution >= 0.6 is 34.8 Å². The molecule has 112 valence electrons. The molecule has 3 nitrogen and oxygen atoms in total. The van der Waals surface area contributed by atoms with Crippen LogP contribution in [-0.2, 0) is 6.18 Å². The Balaban J connectivity index is 2.43. The Hall–Kier alpha value is -1.31. The first kappa shape index (κ1) is 16.1. The molecule has 0 aliphatic rings. The number of anilines is 2. The van der Waals surface area contributed by atoms with Gasteiger partial charge in [0.1, 0.15) is 11.6 Å². The van der Waals surface area contributed by atoms with Crippen molar-refractivity contribution < 1.29 is 17.6 Å². The third-order valence-corrected chi connectivity index (χ3v) is 3.01. The quantitative estimate of drug-likeness (QED) is 0.580. The number of hydrogen-bond donors (Lipinski definition) is 1. The summed E-state index contributed by atoms with van der Waals surface area (Å²) in [5.41, 5.74) is -1.23. The van der Waals surface area contributed by atoms with Crippen LogP contribution in [0.4, 0.5) is 29.1 Å². The lowest BCUT2D eigenvalue weighted by Gasteiger charge is -2.12. The minimum atomic E-state index is -4.70. The molecule has 1 aromatic carbocycles. The molecule has 0 unspecified atom stereocenters. The summed E-state index contributed by atoms with van der Waals surface area (Å²) in [5.74, 6) is -0.968. The highest BCUT2D eigenvalue weighted by Gasteiger charge is 2.33. The van der Waals surface area contributed by atoms with Gasteiger partial charge in [-0.15, -0.1) is 0 Å². The molecule has 1 heterocycles. The predicted molar refractivity (Wildman–Crippen MR) is 71.7 cm³/mol. The van der Waals surface area contributed by atoms with Crippen molar-refractivity contribution in [1.29, 1.82) is 0 Å². The highest BCUT2D eigenvalue weighted by molar-refractivity contribution is 6.39. The first-order chi connectivity index (χ1) is 9.66. The van der Waals surface area contributed by atoms with E-state index in [1.807, 2.05) is 0 Å². The molecule has 0 bridgehead atoms. The molecular weight excluding hydrogens is 356 g/mol. The van der Waals surface area contributed by atoms with E-state index in [-0.39, 0.29) is 21.6 Å². The summed E-state index contributed by atoms with van der Waals surface area (Å²) in [6.07, 6.45) is -4.70. The summed E-state index contributed by atoms with van der Waals surface area (Å²) in [5, 5.41) is 1.60. The van der Waals surface area contributed by atoms with Crippen molar-refractivity contribution in [2.45, 2.75) is 6.18 Å². The Kier molecular flexibility index (Phi) is 4.46. The molecule has 0 fully saturated rings. The van der Waals surface area contributed by atoms with Crippen molar-refractivity contribution in [3.05, 3.63) is 45.0 Å². The zero-order valence-corrected chi connectivity index (χ0v) is 12.0. The summed E-state index contributed by atoms with van der Waals surface area (Å²) >= 11 is 17.0. The van der Waals surface area contributed by atoms with Crippen LogP contribution in [0.25, 0.3) is 0 Å². The molecule has 0 radical (unpaired) electrons. The lowest BCUT2D eigenvalue weighted by Crippen LogP contribution is -2.10. The van der Waals surface area contributed by atoms with E-state index >= 15 is 0 Å². The summed E-state index contributed by atoms with van der Waals surface area (Å²) in [6, 6.07) is 2.52. The van der Waals surface area contributed by atoms with Gasteiger partial charge in [-0.1, -0.05) is 23.2 Å². The van der Waals surface area contributed by atoms with Gasteiger partial charge in [0.2, 0.25) is 5.28 Å². The second kappa shape index (κ2) is 5.82. The number of rotatable bonds is 2. The maximum atomic E-state index is 13.0. The molecule has 0 saturated carbocycles. The monoisotopic (exact) mass is 359 g/mol. The first-order valence-corrected chi connectivity index (χ1v) is 6.33. The van der Waals surface area contributed by atoms with E-state index in [2.05, 4.69) is 15.3 Å². The van der Waals surface area contributed by atoms with Crippen LogP contribution in [0.1, 0.15) is 5.69 Å². The van der Waals surface area contributed by atoms with Crippen molar-refractivity contribution in [2.75, 3.05) is 5.32 Å². The summed E-state index contributed by atoms with van der Waals surface area (Å²) in [7, 11) is 0. The maximum absolute atomic E-state index is 13.0. The molecule has 0 amide bonds. The van der Waals surface area contributed by atoms with Gasteiger partial charge in [-0.3, -0.25) is 0 Å². The molecule has 0 saturated heterocycles. The molecular formula is C11H4Cl3F4N3. The van der Waals surface area contributed by atoms with Gasteiger partial charge in [0.05, 0.1) is 15.7 Å². The van der Waals surface area contributed by atoms with Crippen molar-refractivity contribution in [3.8, 4) is 0 Å². The molecule has 0 atom stereocenters. The zero-order chi connectivity index (χ0) is 15.8. The van der Waals surface area contributed by atoms with Crippen LogP contribution in [-0.4, -0.2) is 9.97 Å². The fourth-order valence-corrected chi connectivity index (χ4v) is 2.15. The van der Waals surface area contributed by atoms with E-state index in [0.29, 0.717) is 6.07 Å². The van der Waals surface area contributed by atoms with Crippen LogP contribution in [0.15, 0.2) is 18.2 Å². The standard InChI is InChI=1S/C11H4Cl3F4N3/c12-5-1-4(15)2-6(13)9(5)20-8-3-7(11(16,17)18)19-10(14)21-8/h1-3H,(H,19,20,21). The van der Waals surface area contributed by atoms with Crippen LogP contribution in [0.2, 0.25) is 15.3 Å². The Morgan fingerprint density at radius 2 is 1.52 bits per heavy atom. The average Bonchev–Trinajstić information content (AvgIpc) is 2.32. The smallest absolute Gasteiger partial charge is 0.338 e. The number of benzene rings is 1. The van der Waals surface area contributed by atoms with E-state index in [1.54, 1.807) is 0 Å². The van der Waals surface area contributed by atoms with E-state index in [0.717, 1.165) is 12.1 Å². The summed E-state index contributed by atoms with van der Waals surface area (Å²) in [6.45, 7) is 0. The first-order valence-electron chi connectivity index (χ1n) is 5.20. The highest BCUT2D eigenvalue weighted by atomic mass is 35.5. The third-order valence-electron chi connectivity index (χ3n) is 2.25.